The Morgan fingerprint density at radius 3 is 2.42 bits per heavy atom. The second kappa shape index (κ2) is 8.23. The Morgan fingerprint density at radius 1 is 1.17 bits per heavy atom. The Kier molecular flexibility index (Phi) is 6.54. The second-order valence-electron chi connectivity index (χ2n) is 6.60. The fourth-order valence-electron chi connectivity index (χ4n) is 3.62. The van der Waals surface area contributed by atoms with Gasteiger partial charge in [-0.1, -0.05) is 0 Å². The van der Waals surface area contributed by atoms with E-state index in [9.17, 15) is 18.7 Å². The fourth-order valence-corrected chi connectivity index (χ4v) is 3.62. The first-order chi connectivity index (χ1) is 11.0. The summed E-state index contributed by atoms with van der Waals surface area (Å²) in [5.41, 5.74) is 0.128. The smallest absolute Gasteiger partial charge is 0.251 e. The van der Waals surface area contributed by atoms with Crippen molar-refractivity contribution in [3.8, 4) is 0 Å². The van der Waals surface area contributed by atoms with Crippen molar-refractivity contribution in [3.05, 3.63) is 35.4 Å². The number of aliphatic hydroxyl groups is 1. The maximum absolute atomic E-state index is 13.3. The van der Waals surface area contributed by atoms with Gasteiger partial charge in [0.25, 0.3) is 5.91 Å². The third-order valence-corrected chi connectivity index (χ3v) is 5.03. The lowest BCUT2D eigenvalue weighted by molar-refractivity contribution is 0.00918. The Bertz CT molecular complexity index is 576. The number of rotatable bonds is 4. The second-order valence-corrected chi connectivity index (χ2v) is 6.60. The molecule has 134 valence electrons. The van der Waals surface area contributed by atoms with Crippen LogP contribution in [0.4, 0.5) is 8.78 Å². The summed E-state index contributed by atoms with van der Waals surface area (Å²) in [4.78, 5) is 12.4. The molecular weight excluding hydrogens is 338 g/mol. The molecule has 0 spiro atoms. The van der Waals surface area contributed by atoms with Crippen LogP contribution in [-0.2, 0) is 0 Å². The van der Waals surface area contributed by atoms with Crippen LogP contribution >= 0.6 is 12.4 Å². The predicted molar refractivity (Wildman–Crippen MR) is 89.2 cm³/mol. The molecule has 1 aliphatic heterocycles. The molecule has 1 aromatic carbocycles. The minimum atomic E-state index is -1.02. The van der Waals surface area contributed by atoms with Gasteiger partial charge in [0.05, 0.1) is 6.10 Å². The lowest BCUT2D eigenvalue weighted by atomic mass is 9.71. The molecule has 24 heavy (non-hydrogen) atoms. The summed E-state index contributed by atoms with van der Waals surface area (Å²) in [6.07, 6.45) is 3.02. The van der Waals surface area contributed by atoms with E-state index in [-0.39, 0.29) is 41.9 Å². The zero-order valence-electron chi connectivity index (χ0n) is 13.3. The number of nitrogens with one attached hydrogen (secondary N) is 2. The van der Waals surface area contributed by atoms with Gasteiger partial charge in [-0.3, -0.25) is 4.79 Å². The summed E-state index contributed by atoms with van der Waals surface area (Å²) in [5.74, 6) is -1.76. The molecule has 2 fully saturated rings. The van der Waals surface area contributed by atoms with Crippen molar-refractivity contribution in [1.82, 2.24) is 10.6 Å². The van der Waals surface area contributed by atoms with E-state index >= 15 is 0 Å². The van der Waals surface area contributed by atoms with Crippen LogP contribution in [0.15, 0.2) is 18.2 Å². The van der Waals surface area contributed by atoms with Crippen LogP contribution in [0.5, 0.6) is 0 Å². The molecule has 1 saturated heterocycles. The van der Waals surface area contributed by atoms with E-state index in [1.54, 1.807) is 0 Å². The van der Waals surface area contributed by atoms with Gasteiger partial charge in [-0.25, -0.2) is 8.78 Å². The van der Waals surface area contributed by atoms with Crippen molar-refractivity contribution in [1.29, 1.82) is 0 Å². The number of hydrogen-bond donors (Lipinski definition) is 3. The summed E-state index contributed by atoms with van der Waals surface area (Å²) in [7, 11) is 0. The Balaban J connectivity index is 0.00000208. The quantitative estimate of drug-likeness (QED) is 0.772. The van der Waals surface area contributed by atoms with Gasteiger partial charge in [0, 0.05) is 11.6 Å². The van der Waals surface area contributed by atoms with Crippen LogP contribution in [-0.4, -0.2) is 36.2 Å². The van der Waals surface area contributed by atoms with Crippen LogP contribution in [0.3, 0.4) is 0 Å². The van der Waals surface area contributed by atoms with Gasteiger partial charge < -0.3 is 15.7 Å². The van der Waals surface area contributed by atoms with Gasteiger partial charge in [0.2, 0.25) is 0 Å². The van der Waals surface area contributed by atoms with Crippen molar-refractivity contribution < 1.29 is 18.7 Å². The molecule has 1 heterocycles. The average Bonchev–Trinajstić information content (AvgIpc) is 2.53. The highest BCUT2D eigenvalue weighted by atomic mass is 35.5. The van der Waals surface area contributed by atoms with Crippen LogP contribution in [0.2, 0.25) is 0 Å². The molecule has 2 aliphatic rings. The maximum Gasteiger partial charge on any atom is 0.251 e. The molecule has 1 amide bonds. The molecule has 1 aromatic rings. The molecule has 3 rings (SSSR count). The lowest BCUT2D eigenvalue weighted by Crippen LogP contribution is -2.52. The van der Waals surface area contributed by atoms with Crippen LogP contribution < -0.4 is 10.6 Å². The lowest BCUT2D eigenvalue weighted by Gasteiger charge is -2.43. The van der Waals surface area contributed by atoms with Crippen molar-refractivity contribution in [3.63, 3.8) is 0 Å². The molecule has 0 aromatic heterocycles. The molecule has 3 N–H and O–H groups in total. The van der Waals surface area contributed by atoms with E-state index < -0.39 is 11.6 Å². The van der Waals surface area contributed by atoms with Crippen molar-refractivity contribution in [2.45, 2.75) is 37.8 Å². The van der Waals surface area contributed by atoms with Crippen LogP contribution in [0, 0.1) is 23.5 Å². The minimum Gasteiger partial charge on any atom is -0.393 e. The number of carbonyl (C=O) groups excluding carboxylic acids is 1. The van der Waals surface area contributed by atoms with E-state index in [0.29, 0.717) is 18.8 Å². The topological polar surface area (TPSA) is 61.4 Å². The summed E-state index contributed by atoms with van der Waals surface area (Å²) in [6.45, 7) is 1.83. The molecule has 1 atom stereocenters. The summed E-state index contributed by atoms with van der Waals surface area (Å²) in [6, 6.07) is 3.17. The third kappa shape index (κ3) is 4.23. The number of halogens is 3. The van der Waals surface area contributed by atoms with Crippen molar-refractivity contribution in [2.75, 3.05) is 13.1 Å². The van der Waals surface area contributed by atoms with E-state index in [1.165, 1.54) is 6.07 Å². The minimum absolute atomic E-state index is 0. The number of hydrogen-bond acceptors (Lipinski definition) is 3. The predicted octanol–water partition coefficient (Wildman–Crippen LogP) is 2.26. The van der Waals surface area contributed by atoms with E-state index in [4.69, 9.17) is 0 Å². The Morgan fingerprint density at radius 2 is 1.83 bits per heavy atom. The molecule has 1 unspecified atom stereocenters. The molecule has 4 nitrogen and oxygen atoms in total. The molecule has 7 heteroatoms. The molecule has 1 aliphatic carbocycles. The number of aliphatic hydroxyl groups excluding tert-OH is 1. The number of benzene rings is 1. The van der Waals surface area contributed by atoms with Gasteiger partial charge in [-0.05, 0) is 68.8 Å². The van der Waals surface area contributed by atoms with Gasteiger partial charge in [0.1, 0.15) is 0 Å². The van der Waals surface area contributed by atoms with Gasteiger partial charge in [-0.2, -0.15) is 0 Å². The number of amides is 1. The number of carbonyl (C=O) groups is 1. The van der Waals surface area contributed by atoms with E-state index in [2.05, 4.69) is 10.6 Å². The molecule has 0 radical (unpaired) electrons. The third-order valence-electron chi connectivity index (χ3n) is 5.03. The van der Waals surface area contributed by atoms with Gasteiger partial charge in [0.15, 0.2) is 11.6 Å². The van der Waals surface area contributed by atoms with Crippen LogP contribution in [0.1, 0.15) is 36.0 Å². The van der Waals surface area contributed by atoms with E-state index in [1.807, 2.05) is 0 Å². The van der Waals surface area contributed by atoms with Crippen molar-refractivity contribution in [2.24, 2.45) is 11.8 Å². The Hall–Kier alpha value is -1.24. The first-order valence-corrected chi connectivity index (χ1v) is 8.19. The Labute approximate surface area is 146 Å². The van der Waals surface area contributed by atoms with Gasteiger partial charge >= 0.3 is 0 Å². The largest absolute Gasteiger partial charge is 0.393 e. The van der Waals surface area contributed by atoms with Crippen molar-refractivity contribution >= 4 is 18.3 Å². The first-order valence-electron chi connectivity index (χ1n) is 8.19. The number of piperidine rings is 1. The summed E-state index contributed by atoms with van der Waals surface area (Å²) in [5, 5.41) is 15.9. The SMILES string of the molecule is Cl.O=C(NC(C1CCNCC1)C1CC(O)C1)c1ccc(F)c(F)c1. The normalized spacial score (nSPS) is 25.3. The summed E-state index contributed by atoms with van der Waals surface area (Å²) >= 11 is 0. The molecule has 1 saturated carbocycles. The zero-order chi connectivity index (χ0) is 16.4. The fraction of sp³-hybridized carbons (Fsp3) is 0.588. The highest BCUT2D eigenvalue weighted by Crippen LogP contribution is 2.35. The monoisotopic (exact) mass is 360 g/mol. The summed E-state index contributed by atoms with van der Waals surface area (Å²) < 4.78 is 26.3. The van der Waals surface area contributed by atoms with Gasteiger partial charge in [-0.15, -0.1) is 12.4 Å². The highest BCUT2D eigenvalue weighted by Gasteiger charge is 2.39. The highest BCUT2D eigenvalue weighted by molar-refractivity contribution is 5.94. The van der Waals surface area contributed by atoms with E-state index in [0.717, 1.165) is 38.1 Å². The molecular formula is C17H23ClF2N2O2. The zero-order valence-corrected chi connectivity index (χ0v) is 14.1. The molecule has 0 bridgehead atoms. The maximum atomic E-state index is 13.3. The van der Waals surface area contributed by atoms with Crippen LogP contribution in [0.25, 0.3) is 0 Å². The average molecular weight is 361 g/mol. The standard InChI is InChI=1S/C17H22F2N2O2.ClH/c18-14-2-1-11(9-15(14)19)17(23)21-16(12-7-13(22)8-12)10-3-5-20-6-4-10;/h1-2,9-10,12-13,16,20,22H,3-8H2,(H,21,23);1H. The first kappa shape index (κ1) is 19.1.